The number of aromatic nitrogens is 1. The van der Waals surface area contributed by atoms with E-state index in [4.69, 9.17) is 16.0 Å². The van der Waals surface area contributed by atoms with Gasteiger partial charge in [0.2, 0.25) is 0 Å². The Labute approximate surface area is 158 Å². The second-order valence-corrected chi connectivity index (χ2v) is 7.16. The Morgan fingerprint density at radius 1 is 1.22 bits per heavy atom. The number of carbonyl (C=O) groups is 2. The van der Waals surface area contributed by atoms with Crippen LogP contribution in [-0.2, 0) is 0 Å². The minimum absolute atomic E-state index is 0.00623. The van der Waals surface area contributed by atoms with Crippen LogP contribution < -0.4 is 0 Å². The van der Waals surface area contributed by atoms with Crippen molar-refractivity contribution >= 4 is 23.4 Å². The van der Waals surface area contributed by atoms with Gasteiger partial charge in [-0.05, 0) is 25.5 Å². The van der Waals surface area contributed by atoms with E-state index in [1.165, 1.54) is 18.5 Å². The molecule has 2 bridgehead atoms. The number of carbonyl (C=O) groups excluding carboxylic acids is 2. The van der Waals surface area contributed by atoms with Gasteiger partial charge in [-0.15, -0.1) is 0 Å². The van der Waals surface area contributed by atoms with Crippen LogP contribution in [0.4, 0.5) is 8.78 Å². The predicted octanol–water partition coefficient (Wildman–Crippen LogP) is 3.31. The van der Waals surface area contributed by atoms with Crippen LogP contribution in [0.3, 0.4) is 0 Å². The summed E-state index contributed by atoms with van der Waals surface area (Å²) in [5, 5.41) is 0.00623. The maximum atomic E-state index is 12.8. The molecule has 2 aromatic rings. The van der Waals surface area contributed by atoms with Crippen LogP contribution in [0.2, 0.25) is 5.02 Å². The van der Waals surface area contributed by atoms with Gasteiger partial charge in [0.05, 0.1) is 22.7 Å². The van der Waals surface area contributed by atoms with Crippen molar-refractivity contribution in [3.8, 4) is 0 Å². The molecule has 0 saturated carbocycles. The minimum Gasteiger partial charge on any atom is -0.448 e. The Bertz CT molecular complexity index is 917. The highest BCUT2D eigenvalue weighted by Gasteiger charge is 2.48. The van der Waals surface area contributed by atoms with Crippen molar-refractivity contribution in [1.29, 1.82) is 0 Å². The topological polar surface area (TPSA) is 66.7 Å². The molecule has 27 heavy (non-hydrogen) atoms. The average Bonchev–Trinajstić information content (AvgIpc) is 3.35. The number of nitrogens with zero attached hydrogens (tertiary/aromatic N) is 3. The third-order valence-electron chi connectivity index (χ3n) is 5.19. The zero-order valence-corrected chi connectivity index (χ0v) is 15.1. The number of amides is 2. The van der Waals surface area contributed by atoms with Crippen molar-refractivity contribution in [2.75, 3.05) is 13.1 Å². The van der Waals surface area contributed by atoms with Crippen molar-refractivity contribution in [1.82, 2.24) is 14.8 Å². The molecule has 2 saturated heterocycles. The minimum atomic E-state index is -2.64. The lowest BCUT2D eigenvalue weighted by atomic mass is 10.1. The summed E-state index contributed by atoms with van der Waals surface area (Å²) in [5.74, 6) is -0.0557. The predicted molar refractivity (Wildman–Crippen MR) is 91.9 cm³/mol. The summed E-state index contributed by atoms with van der Waals surface area (Å²) in [4.78, 5) is 32.8. The lowest BCUT2D eigenvalue weighted by Gasteiger charge is -2.34. The molecule has 0 radical (unpaired) electrons. The van der Waals surface area contributed by atoms with Gasteiger partial charge in [0, 0.05) is 18.7 Å². The number of likely N-dealkylation sites (tertiary alicyclic amines) is 2. The first-order valence-electron chi connectivity index (χ1n) is 8.46. The molecular weight excluding hydrogens is 380 g/mol. The van der Waals surface area contributed by atoms with Gasteiger partial charge in [-0.1, -0.05) is 17.7 Å². The fourth-order valence-electron chi connectivity index (χ4n) is 3.81. The largest absolute Gasteiger partial charge is 0.448 e. The Morgan fingerprint density at radius 3 is 2.41 bits per heavy atom. The van der Waals surface area contributed by atoms with Crippen molar-refractivity contribution in [3.63, 3.8) is 0 Å². The Hall–Kier alpha value is -2.48. The number of hydrogen-bond donors (Lipinski definition) is 0. The van der Waals surface area contributed by atoms with Crippen LogP contribution >= 0.6 is 11.6 Å². The van der Waals surface area contributed by atoms with Crippen molar-refractivity contribution in [2.24, 2.45) is 0 Å². The summed E-state index contributed by atoms with van der Waals surface area (Å²) in [6.45, 7) is 2.45. The fraction of sp³-hybridized carbons (Fsp3) is 0.389. The average molecular weight is 396 g/mol. The third kappa shape index (κ3) is 2.97. The Morgan fingerprint density at radius 2 is 1.89 bits per heavy atom. The number of oxazole rings is 1. The fourth-order valence-corrected chi connectivity index (χ4v) is 4.08. The van der Waals surface area contributed by atoms with Gasteiger partial charge in [0.15, 0.2) is 12.1 Å². The smallest absolute Gasteiger partial charge is 0.276 e. The van der Waals surface area contributed by atoms with E-state index in [1.807, 2.05) is 0 Å². The summed E-state index contributed by atoms with van der Waals surface area (Å²) in [7, 11) is 0. The number of halogens is 3. The van der Waals surface area contributed by atoms with Crippen LogP contribution in [0.15, 0.2) is 29.0 Å². The molecule has 2 aliphatic heterocycles. The van der Waals surface area contributed by atoms with Gasteiger partial charge in [-0.25, -0.2) is 13.8 Å². The molecule has 4 rings (SSSR count). The second-order valence-electron chi connectivity index (χ2n) is 6.76. The first-order chi connectivity index (χ1) is 12.9. The van der Waals surface area contributed by atoms with E-state index in [0.29, 0.717) is 25.3 Å². The lowest BCUT2D eigenvalue weighted by Crippen LogP contribution is -2.50. The lowest BCUT2D eigenvalue weighted by molar-refractivity contribution is 0.0522. The number of fused-ring (bicyclic) bond motifs is 2. The number of hydrogen-bond acceptors (Lipinski definition) is 4. The second kappa shape index (κ2) is 6.60. The molecule has 1 aromatic heterocycles. The van der Waals surface area contributed by atoms with E-state index in [2.05, 4.69) is 4.98 Å². The van der Waals surface area contributed by atoms with Crippen LogP contribution in [-0.4, -0.2) is 51.8 Å². The Balaban J connectivity index is 1.49. The number of rotatable bonds is 3. The van der Waals surface area contributed by atoms with Gasteiger partial charge < -0.3 is 14.2 Å². The quantitative estimate of drug-likeness (QED) is 0.799. The molecule has 0 N–H and O–H groups in total. The molecule has 3 heterocycles. The molecular formula is C18H16ClF2N3O3. The maximum absolute atomic E-state index is 12.8. The number of benzene rings is 1. The summed E-state index contributed by atoms with van der Waals surface area (Å²) in [5.41, 5.74) is 0.254. The molecule has 0 spiro atoms. The summed E-state index contributed by atoms with van der Waals surface area (Å²) in [6, 6.07) is 3.42. The Kier molecular flexibility index (Phi) is 4.38. The standard InChI is InChI=1S/C18H16ClF2N3O3/c1-9-15(22-8-27-9)18(26)24-7-11-5-12(24)6-23(11)17(25)13-3-2-10(16(20)21)4-14(13)19/h2-4,8,11-12,16H,5-7H2,1H3/t11-,12-/m0/s1. The highest BCUT2D eigenvalue weighted by atomic mass is 35.5. The molecule has 0 unspecified atom stereocenters. The van der Waals surface area contributed by atoms with E-state index < -0.39 is 6.43 Å². The van der Waals surface area contributed by atoms with E-state index in [1.54, 1.807) is 16.7 Å². The third-order valence-corrected chi connectivity index (χ3v) is 5.50. The van der Waals surface area contributed by atoms with Gasteiger partial charge in [-0.3, -0.25) is 9.59 Å². The molecule has 2 fully saturated rings. The number of piperazine rings is 1. The van der Waals surface area contributed by atoms with Crippen molar-refractivity contribution < 1.29 is 22.8 Å². The van der Waals surface area contributed by atoms with Gasteiger partial charge in [-0.2, -0.15) is 0 Å². The van der Waals surface area contributed by atoms with Crippen LogP contribution in [0.1, 0.15) is 45.0 Å². The van der Waals surface area contributed by atoms with Gasteiger partial charge >= 0.3 is 0 Å². The molecule has 2 amide bonds. The van der Waals surface area contributed by atoms with Gasteiger partial charge in [0.25, 0.3) is 18.2 Å². The molecule has 142 valence electrons. The number of aryl methyl sites for hydroxylation is 1. The molecule has 2 atom stereocenters. The molecule has 2 aliphatic rings. The number of alkyl halides is 2. The highest BCUT2D eigenvalue weighted by Crippen LogP contribution is 2.34. The molecule has 1 aromatic carbocycles. The van der Waals surface area contributed by atoms with Crippen molar-refractivity contribution in [3.05, 3.63) is 52.2 Å². The molecule has 9 heteroatoms. The summed E-state index contributed by atoms with van der Waals surface area (Å²) >= 11 is 6.05. The normalized spacial score (nSPS) is 21.4. The molecule has 0 aliphatic carbocycles. The van der Waals surface area contributed by atoms with E-state index in [-0.39, 0.29) is 45.7 Å². The highest BCUT2D eigenvalue weighted by molar-refractivity contribution is 6.33. The monoisotopic (exact) mass is 395 g/mol. The molecule has 6 nitrogen and oxygen atoms in total. The van der Waals surface area contributed by atoms with E-state index >= 15 is 0 Å². The summed E-state index contributed by atoms with van der Waals surface area (Å²) < 4.78 is 30.6. The van der Waals surface area contributed by atoms with Gasteiger partial charge in [0.1, 0.15) is 5.76 Å². The van der Waals surface area contributed by atoms with Crippen LogP contribution in [0.5, 0.6) is 0 Å². The zero-order chi connectivity index (χ0) is 19.3. The van der Waals surface area contributed by atoms with Crippen LogP contribution in [0, 0.1) is 6.92 Å². The van der Waals surface area contributed by atoms with E-state index in [9.17, 15) is 18.4 Å². The summed E-state index contributed by atoms with van der Waals surface area (Å²) in [6.07, 6.45) is -0.743. The SMILES string of the molecule is Cc1ocnc1C(=O)N1C[C@@H]2C[C@H]1CN2C(=O)c1ccc(C(F)F)cc1Cl. The first-order valence-corrected chi connectivity index (χ1v) is 8.84. The van der Waals surface area contributed by atoms with Crippen LogP contribution in [0.25, 0.3) is 0 Å². The zero-order valence-electron chi connectivity index (χ0n) is 14.4. The maximum Gasteiger partial charge on any atom is 0.276 e. The van der Waals surface area contributed by atoms with Crippen molar-refractivity contribution in [2.45, 2.75) is 31.9 Å². The first kappa shape index (κ1) is 17.9. The van der Waals surface area contributed by atoms with E-state index in [0.717, 1.165) is 6.07 Å².